The van der Waals surface area contributed by atoms with Crippen molar-refractivity contribution in [2.75, 3.05) is 20.2 Å². The van der Waals surface area contributed by atoms with Crippen LogP contribution >= 0.6 is 11.6 Å². The molecule has 2 aromatic rings. The van der Waals surface area contributed by atoms with Crippen LogP contribution in [0, 0.1) is 0 Å². The van der Waals surface area contributed by atoms with Gasteiger partial charge in [0.2, 0.25) is 15.9 Å². The summed E-state index contributed by atoms with van der Waals surface area (Å²) in [7, 11) is -2.36. The van der Waals surface area contributed by atoms with Crippen molar-refractivity contribution in [3.8, 4) is 5.88 Å². The molecular formula is C16H15ClN2O5S. The summed E-state index contributed by atoms with van der Waals surface area (Å²) in [4.78, 5) is 15.5. The Morgan fingerprint density at radius 1 is 1.20 bits per heavy atom. The van der Waals surface area contributed by atoms with E-state index in [9.17, 15) is 13.2 Å². The van der Waals surface area contributed by atoms with Gasteiger partial charge >= 0.3 is 5.97 Å². The number of hydrogen-bond acceptors (Lipinski definition) is 6. The number of carbonyl (C=O) groups is 1. The maximum atomic E-state index is 12.5. The Morgan fingerprint density at radius 3 is 2.44 bits per heavy atom. The number of benzene rings is 1. The minimum atomic E-state index is -3.62. The molecule has 132 valence electrons. The highest BCUT2D eigenvalue weighted by atomic mass is 35.5. The molecule has 0 N–H and O–H groups in total. The van der Waals surface area contributed by atoms with Crippen LogP contribution in [0.1, 0.15) is 10.4 Å². The van der Waals surface area contributed by atoms with E-state index in [4.69, 9.17) is 16.3 Å². The van der Waals surface area contributed by atoms with Gasteiger partial charge in [0.1, 0.15) is 6.10 Å². The second-order valence-electron chi connectivity index (χ2n) is 5.39. The molecule has 0 amide bonds. The zero-order valence-electron chi connectivity index (χ0n) is 13.3. The summed E-state index contributed by atoms with van der Waals surface area (Å²) in [6.07, 6.45) is 1.20. The number of esters is 1. The number of hydrogen-bond donors (Lipinski definition) is 0. The number of rotatable bonds is 5. The summed E-state index contributed by atoms with van der Waals surface area (Å²) in [6.45, 7) is 0.455. The Kier molecular flexibility index (Phi) is 4.94. The molecule has 1 aliphatic rings. The fraction of sp³-hybridized carbons (Fsp3) is 0.250. The zero-order chi connectivity index (χ0) is 18.0. The smallest absolute Gasteiger partial charge is 0.337 e. The van der Waals surface area contributed by atoms with E-state index in [2.05, 4.69) is 9.72 Å². The van der Waals surface area contributed by atoms with Crippen molar-refractivity contribution in [3.05, 3.63) is 53.2 Å². The lowest BCUT2D eigenvalue weighted by Gasteiger charge is -2.37. The fourth-order valence-corrected chi connectivity index (χ4v) is 3.92. The third-order valence-electron chi connectivity index (χ3n) is 3.72. The maximum Gasteiger partial charge on any atom is 0.337 e. The summed E-state index contributed by atoms with van der Waals surface area (Å²) in [6, 6.07) is 8.90. The van der Waals surface area contributed by atoms with Crippen LogP contribution in [0.3, 0.4) is 0 Å². The average Bonchev–Trinajstić information content (AvgIpc) is 2.58. The number of ether oxygens (including phenoxy) is 2. The molecule has 1 aromatic carbocycles. The first-order valence-corrected chi connectivity index (χ1v) is 9.18. The molecule has 0 aliphatic carbocycles. The monoisotopic (exact) mass is 382 g/mol. The predicted octanol–water partition coefficient (Wildman–Crippen LogP) is 1.97. The molecule has 9 heteroatoms. The van der Waals surface area contributed by atoms with Crippen molar-refractivity contribution in [2.45, 2.75) is 11.0 Å². The summed E-state index contributed by atoms with van der Waals surface area (Å²) in [5, 5.41) is 0.501. The zero-order valence-corrected chi connectivity index (χ0v) is 14.8. The molecule has 0 radical (unpaired) electrons. The first-order chi connectivity index (χ1) is 11.9. The van der Waals surface area contributed by atoms with Crippen LogP contribution in [-0.4, -0.2) is 50.0 Å². The van der Waals surface area contributed by atoms with Gasteiger partial charge in [0, 0.05) is 12.3 Å². The quantitative estimate of drug-likeness (QED) is 0.735. The number of pyridine rings is 1. The maximum absolute atomic E-state index is 12.5. The number of carbonyl (C=O) groups excluding carboxylic acids is 1. The molecule has 0 spiro atoms. The van der Waals surface area contributed by atoms with Crippen molar-refractivity contribution < 1.29 is 22.7 Å². The van der Waals surface area contributed by atoms with Crippen molar-refractivity contribution in [2.24, 2.45) is 0 Å². The summed E-state index contributed by atoms with van der Waals surface area (Å²) in [5.41, 5.74) is 0.292. The Labute approximate surface area is 150 Å². The van der Waals surface area contributed by atoms with Gasteiger partial charge in [-0.25, -0.2) is 18.2 Å². The lowest BCUT2D eigenvalue weighted by atomic mass is 10.2. The minimum absolute atomic E-state index is 0.114. The van der Waals surface area contributed by atoms with Crippen LogP contribution in [0.4, 0.5) is 0 Å². The van der Waals surface area contributed by atoms with Gasteiger partial charge in [-0.1, -0.05) is 11.6 Å². The number of sulfonamides is 1. The molecule has 0 unspecified atom stereocenters. The molecule has 3 rings (SSSR count). The second-order valence-corrected chi connectivity index (χ2v) is 7.77. The van der Waals surface area contributed by atoms with Crippen LogP contribution in [-0.2, 0) is 14.8 Å². The largest absolute Gasteiger partial charge is 0.472 e. The van der Waals surface area contributed by atoms with Crippen LogP contribution in [0.25, 0.3) is 0 Å². The molecule has 2 heterocycles. The van der Waals surface area contributed by atoms with Crippen molar-refractivity contribution in [1.82, 2.24) is 9.29 Å². The van der Waals surface area contributed by atoms with E-state index in [1.54, 1.807) is 12.1 Å². The van der Waals surface area contributed by atoms with E-state index in [1.165, 1.54) is 41.9 Å². The van der Waals surface area contributed by atoms with E-state index < -0.39 is 16.0 Å². The Balaban J connectivity index is 1.62. The first-order valence-electron chi connectivity index (χ1n) is 7.37. The van der Waals surface area contributed by atoms with Gasteiger partial charge in [0.15, 0.2) is 0 Å². The molecule has 0 atom stereocenters. The van der Waals surface area contributed by atoms with Gasteiger partial charge in [-0.3, -0.25) is 0 Å². The molecule has 0 saturated carbocycles. The predicted molar refractivity (Wildman–Crippen MR) is 90.2 cm³/mol. The Bertz CT molecular complexity index is 862. The van der Waals surface area contributed by atoms with Gasteiger partial charge < -0.3 is 9.47 Å². The fourth-order valence-electron chi connectivity index (χ4n) is 2.30. The lowest BCUT2D eigenvalue weighted by molar-refractivity contribution is 0.0600. The molecule has 1 aromatic heterocycles. The second kappa shape index (κ2) is 6.99. The molecular weight excluding hydrogens is 368 g/mol. The van der Waals surface area contributed by atoms with E-state index in [-0.39, 0.29) is 24.1 Å². The highest BCUT2D eigenvalue weighted by Crippen LogP contribution is 2.24. The third kappa shape index (κ3) is 3.76. The van der Waals surface area contributed by atoms with Crippen LogP contribution in [0.5, 0.6) is 5.88 Å². The van der Waals surface area contributed by atoms with E-state index in [0.29, 0.717) is 16.5 Å². The van der Waals surface area contributed by atoms with Gasteiger partial charge in [-0.15, -0.1) is 0 Å². The first kappa shape index (κ1) is 17.7. The van der Waals surface area contributed by atoms with Gasteiger partial charge in [-0.2, -0.15) is 4.31 Å². The van der Waals surface area contributed by atoms with Crippen molar-refractivity contribution in [1.29, 1.82) is 0 Å². The number of methoxy groups -OCH3 is 1. The van der Waals surface area contributed by atoms with Crippen LogP contribution < -0.4 is 4.74 Å². The van der Waals surface area contributed by atoms with Gasteiger partial charge in [-0.05, 0) is 30.3 Å². The lowest BCUT2D eigenvalue weighted by Crippen LogP contribution is -2.56. The molecule has 7 nitrogen and oxygen atoms in total. The Morgan fingerprint density at radius 2 is 1.88 bits per heavy atom. The molecule has 0 bridgehead atoms. The normalized spacial score (nSPS) is 15.4. The molecule has 25 heavy (non-hydrogen) atoms. The van der Waals surface area contributed by atoms with Gasteiger partial charge in [0.25, 0.3) is 0 Å². The van der Waals surface area contributed by atoms with Gasteiger partial charge in [0.05, 0.1) is 35.7 Å². The van der Waals surface area contributed by atoms with Crippen LogP contribution in [0.15, 0.2) is 47.5 Å². The number of nitrogens with zero attached hydrogens (tertiary/aromatic N) is 2. The Hall–Kier alpha value is -2.16. The topological polar surface area (TPSA) is 85.8 Å². The molecule has 1 fully saturated rings. The third-order valence-corrected chi connectivity index (χ3v) is 5.78. The van der Waals surface area contributed by atoms with Crippen LogP contribution in [0.2, 0.25) is 5.02 Å². The van der Waals surface area contributed by atoms with E-state index in [0.717, 1.165) is 0 Å². The SMILES string of the molecule is COC(=O)c1ccc(S(=O)(=O)N2CC(Oc3ccc(Cl)cn3)C2)cc1. The molecule has 1 saturated heterocycles. The number of aromatic nitrogens is 1. The highest BCUT2D eigenvalue weighted by Gasteiger charge is 2.38. The highest BCUT2D eigenvalue weighted by molar-refractivity contribution is 7.89. The average molecular weight is 383 g/mol. The summed E-state index contributed by atoms with van der Waals surface area (Å²) < 4.78 is 36.5. The van der Waals surface area contributed by atoms with Crippen molar-refractivity contribution in [3.63, 3.8) is 0 Å². The summed E-state index contributed by atoms with van der Waals surface area (Å²) in [5.74, 6) is -0.120. The minimum Gasteiger partial charge on any atom is -0.472 e. The van der Waals surface area contributed by atoms with E-state index in [1.807, 2.05) is 0 Å². The van der Waals surface area contributed by atoms with Crippen molar-refractivity contribution >= 4 is 27.6 Å². The summed E-state index contributed by atoms with van der Waals surface area (Å²) >= 11 is 5.75. The van der Waals surface area contributed by atoms with E-state index >= 15 is 0 Å². The standard InChI is InChI=1S/C16H15ClN2O5S/c1-23-16(20)11-2-5-14(6-3-11)25(21,22)19-9-13(10-19)24-15-7-4-12(17)8-18-15/h2-8,13H,9-10H2,1H3. The molecule has 1 aliphatic heterocycles. The number of halogens is 1.